The third-order valence-electron chi connectivity index (χ3n) is 6.13. The van der Waals surface area contributed by atoms with Crippen LogP contribution in [0, 0.1) is 11.8 Å². The average Bonchev–Trinajstić information content (AvgIpc) is 2.90. The van der Waals surface area contributed by atoms with Gasteiger partial charge in [-0.05, 0) is 69.0 Å². The maximum Gasteiger partial charge on any atom is 0.338 e. The molecule has 0 aromatic heterocycles. The van der Waals surface area contributed by atoms with Crippen LogP contribution in [-0.2, 0) is 17.7 Å². The van der Waals surface area contributed by atoms with E-state index in [1.165, 1.54) is 5.56 Å². The van der Waals surface area contributed by atoms with E-state index in [1.54, 1.807) is 0 Å². The first kappa shape index (κ1) is 26.9. The van der Waals surface area contributed by atoms with Crippen molar-refractivity contribution in [2.75, 3.05) is 0 Å². The van der Waals surface area contributed by atoms with Gasteiger partial charge >= 0.3 is 5.97 Å². The average molecular weight is 505 g/mol. The second-order valence-corrected chi connectivity index (χ2v) is 10.5. The molecule has 0 amide bonds. The normalized spacial score (nSPS) is 13.6. The smallest absolute Gasteiger partial charge is 0.338 e. The van der Waals surface area contributed by atoms with Crippen molar-refractivity contribution in [1.29, 1.82) is 0 Å². The maximum absolute atomic E-state index is 12.4. The molecule has 3 aromatic carbocycles. The summed E-state index contributed by atoms with van der Waals surface area (Å²) in [6, 6.07) is 24.3. The summed E-state index contributed by atoms with van der Waals surface area (Å²) in [5.41, 5.74) is 6.65. The van der Waals surface area contributed by atoms with Crippen LogP contribution in [-0.4, -0.2) is 22.8 Å². The van der Waals surface area contributed by atoms with E-state index >= 15 is 0 Å². The molecule has 0 saturated heterocycles. The number of unbranched alkanes of at least 4 members (excludes halogenated alkanes) is 2. The monoisotopic (exact) mass is 504 g/mol. The molecule has 194 valence electrons. The largest absolute Gasteiger partial charge is 0.456 e. The van der Waals surface area contributed by atoms with Gasteiger partial charge < -0.3 is 4.74 Å². The molecule has 4 heteroatoms. The first-order valence-corrected chi connectivity index (χ1v) is 13.3. The maximum atomic E-state index is 12.4. The van der Waals surface area contributed by atoms with E-state index < -0.39 is 5.60 Å². The molecule has 0 spiro atoms. The van der Waals surface area contributed by atoms with Crippen LogP contribution in [0.1, 0.15) is 85.1 Å². The van der Waals surface area contributed by atoms with Gasteiger partial charge in [-0.2, -0.15) is 5.10 Å². The number of nitrogens with zero attached hydrogens (tertiary/aromatic N) is 2. The Hall–Kier alpha value is -4.10. The summed E-state index contributed by atoms with van der Waals surface area (Å²) in [6.07, 6.45) is 8.18. The molecule has 4 nitrogen and oxygen atoms in total. The second-order valence-electron chi connectivity index (χ2n) is 10.5. The lowest BCUT2D eigenvalue weighted by atomic mass is 9.98. The number of allylic oxidation sites excluding steroid dienone is 1. The van der Waals surface area contributed by atoms with Gasteiger partial charge in [0.2, 0.25) is 0 Å². The summed E-state index contributed by atoms with van der Waals surface area (Å²) in [5.74, 6) is 6.35. The minimum Gasteiger partial charge on any atom is -0.456 e. The summed E-state index contributed by atoms with van der Waals surface area (Å²) in [5, 5.41) is 6.82. The lowest BCUT2D eigenvalue weighted by Gasteiger charge is -2.28. The van der Waals surface area contributed by atoms with E-state index in [9.17, 15) is 4.79 Å². The zero-order valence-electron chi connectivity index (χ0n) is 22.8. The lowest BCUT2D eigenvalue weighted by Crippen LogP contribution is -2.24. The predicted octanol–water partition coefficient (Wildman–Crippen LogP) is 7.62. The molecule has 1 heterocycles. The van der Waals surface area contributed by atoms with Gasteiger partial charge in [0, 0.05) is 23.1 Å². The number of rotatable bonds is 7. The Labute approximate surface area is 227 Å². The van der Waals surface area contributed by atoms with Crippen molar-refractivity contribution in [2.45, 2.75) is 65.5 Å². The van der Waals surface area contributed by atoms with Gasteiger partial charge in [-0.1, -0.05) is 79.8 Å². The third-order valence-corrected chi connectivity index (χ3v) is 6.13. The Kier molecular flexibility index (Phi) is 8.81. The number of carbonyl (C=O) groups is 1. The molecule has 0 N–H and O–H groups in total. The Morgan fingerprint density at radius 2 is 1.76 bits per heavy atom. The van der Waals surface area contributed by atoms with E-state index in [0.717, 1.165) is 53.6 Å². The molecule has 0 bridgehead atoms. The van der Waals surface area contributed by atoms with Crippen molar-refractivity contribution in [2.24, 2.45) is 5.10 Å². The predicted molar refractivity (Wildman–Crippen MR) is 156 cm³/mol. The van der Waals surface area contributed by atoms with E-state index in [-0.39, 0.29) is 5.97 Å². The number of fused-ring (bicyclic) bond motifs is 1. The molecule has 38 heavy (non-hydrogen) atoms. The van der Waals surface area contributed by atoms with Crippen LogP contribution < -0.4 is 0 Å². The zero-order chi connectivity index (χ0) is 27.0. The third kappa shape index (κ3) is 7.46. The minimum absolute atomic E-state index is 0.310. The highest BCUT2D eigenvalue weighted by Gasteiger charge is 2.20. The van der Waals surface area contributed by atoms with Crippen LogP contribution in [0.15, 0.2) is 84.0 Å². The molecule has 0 saturated carbocycles. The summed E-state index contributed by atoms with van der Waals surface area (Å²) < 4.78 is 5.50. The molecule has 0 fully saturated rings. The fourth-order valence-corrected chi connectivity index (χ4v) is 4.19. The Morgan fingerprint density at radius 1 is 1.00 bits per heavy atom. The summed E-state index contributed by atoms with van der Waals surface area (Å²) in [7, 11) is 0. The number of benzene rings is 3. The highest BCUT2D eigenvalue weighted by molar-refractivity contribution is 5.91. The number of esters is 1. The van der Waals surface area contributed by atoms with Gasteiger partial charge in [0.05, 0.1) is 24.0 Å². The number of hydrazone groups is 1. The molecule has 1 aliphatic rings. The number of hydrogen-bond donors (Lipinski definition) is 0. The van der Waals surface area contributed by atoms with Crippen LogP contribution >= 0.6 is 0 Å². The molecular weight excluding hydrogens is 468 g/mol. The van der Waals surface area contributed by atoms with Crippen molar-refractivity contribution in [3.8, 4) is 11.8 Å². The highest BCUT2D eigenvalue weighted by atomic mass is 16.6. The van der Waals surface area contributed by atoms with Crippen LogP contribution in [0.5, 0.6) is 0 Å². The fraction of sp³-hybridized carbons (Fsp3) is 0.294. The van der Waals surface area contributed by atoms with Gasteiger partial charge in [0.1, 0.15) is 5.60 Å². The van der Waals surface area contributed by atoms with E-state index in [2.05, 4.69) is 55.2 Å². The quantitative estimate of drug-likeness (QED) is 0.189. The lowest BCUT2D eigenvalue weighted by molar-refractivity contribution is 0.00695. The summed E-state index contributed by atoms with van der Waals surface area (Å²) in [6.45, 7) is 8.43. The Morgan fingerprint density at radius 3 is 2.47 bits per heavy atom. The summed E-state index contributed by atoms with van der Waals surface area (Å²) in [4.78, 5) is 12.4. The topological polar surface area (TPSA) is 41.9 Å². The van der Waals surface area contributed by atoms with Crippen molar-refractivity contribution in [3.05, 3.63) is 112 Å². The van der Waals surface area contributed by atoms with Crippen LogP contribution in [0.25, 0.3) is 5.70 Å². The van der Waals surface area contributed by atoms with Crippen LogP contribution in [0.3, 0.4) is 0 Å². The van der Waals surface area contributed by atoms with Crippen LogP contribution in [0.4, 0.5) is 0 Å². The molecule has 0 atom stereocenters. The second kappa shape index (κ2) is 12.4. The number of ether oxygens (including phenoxy) is 1. The molecule has 3 aromatic rings. The summed E-state index contributed by atoms with van der Waals surface area (Å²) >= 11 is 0. The van der Waals surface area contributed by atoms with Crippen molar-refractivity contribution >= 4 is 17.9 Å². The molecule has 0 aliphatic carbocycles. The standard InChI is InChI=1S/C34H36N2O2/c1-5-6-8-16-32-31-23-27(15-11-14-26-12-9-7-10-13-26)17-22-30(31)24-35-36(32)25-28-18-20-29(21-19-28)33(37)38-34(2,3)4/h7,9-10,12-13,16-24H,5-6,8,14,25H2,1-4H3/b32-16-. The first-order valence-electron chi connectivity index (χ1n) is 13.3. The molecule has 4 rings (SSSR count). The number of hydrogen-bond acceptors (Lipinski definition) is 4. The van der Waals surface area contributed by atoms with Gasteiger partial charge in [-0.25, -0.2) is 4.79 Å². The van der Waals surface area contributed by atoms with E-state index in [4.69, 9.17) is 9.84 Å². The van der Waals surface area contributed by atoms with E-state index in [0.29, 0.717) is 12.1 Å². The van der Waals surface area contributed by atoms with Crippen molar-refractivity contribution in [1.82, 2.24) is 5.01 Å². The molecule has 0 unspecified atom stereocenters. The Bertz CT molecular complexity index is 1370. The van der Waals surface area contributed by atoms with Gasteiger partial charge in [-0.15, -0.1) is 0 Å². The molecule has 1 aliphatic heterocycles. The van der Waals surface area contributed by atoms with E-state index in [1.807, 2.05) is 74.5 Å². The highest BCUT2D eigenvalue weighted by Crippen LogP contribution is 2.30. The van der Waals surface area contributed by atoms with Gasteiger partial charge in [0.15, 0.2) is 0 Å². The molecular formula is C34H36N2O2. The number of carbonyl (C=O) groups excluding carboxylic acids is 1. The SMILES string of the molecule is CCCC/C=C1/c2cc(C#CCc3ccccc3)ccc2C=NN1Cc1ccc(C(=O)OC(C)(C)C)cc1. The van der Waals surface area contributed by atoms with Crippen molar-refractivity contribution < 1.29 is 9.53 Å². The Balaban J connectivity index is 1.54. The molecule has 0 radical (unpaired) electrons. The minimum atomic E-state index is -0.519. The zero-order valence-corrected chi connectivity index (χ0v) is 22.8. The first-order chi connectivity index (χ1) is 18.3. The van der Waals surface area contributed by atoms with Gasteiger partial charge in [0.25, 0.3) is 0 Å². The fourth-order valence-electron chi connectivity index (χ4n) is 4.19. The van der Waals surface area contributed by atoms with Crippen molar-refractivity contribution in [3.63, 3.8) is 0 Å². The van der Waals surface area contributed by atoms with Crippen LogP contribution in [0.2, 0.25) is 0 Å². The van der Waals surface area contributed by atoms with Gasteiger partial charge in [-0.3, -0.25) is 5.01 Å².